The molecule has 0 spiro atoms. The van der Waals surface area contributed by atoms with Gasteiger partial charge in [-0.15, -0.1) is 0 Å². The fraction of sp³-hybridized carbons (Fsp3) is 0.225. The van der Waals surface area contributed by atoms with Crippen LogP contribution in [0.2, 0.25) is 6.04 Å². The van der Waals surface area contributed by atoms with Crippen molar-refractivity contribution in [3.05, 3.63) is 237 Å². The van der Waals surface area contributed by atoms with E-state index in [4.69, 9.17) is 27.5 Å². The maximum absolute atomic E-state index is 15.5. The first-order valence-electron chi connectivity index (χ1n) is 30.6. The van der Waals surface area contributed by atoms with Gasteiger partial charge in [-0.1, -0.05) is 48.0 Å². The van der Waals surface area contributed by atoms with Crippen molar-refractivity contribution < 1.29 is 129 Å². The number of hydrogen-bond donors (Lipinski definition) is 7. The second kappa shape index (κ2) is 31.1. The summed E-state index contributed by atoms with van der Waals surface area (Å²) in [5, 5.41) is 39.4. The van der Waals surface area contributed by atoms with E-state index in [1.807, 2.05) is 0 Å². The molecule has 8 aromatic carbocycles. The summed E-state index contributed by atoms with van der Waals surface area (Å²) in [5.41, 5.74) is -22.5. The average molecular weight is 1480 g/mol. The lowest BCUT2D eigenvalue weighted by Gasteiger charge is -2.38. The third-order valence-corrected chi connectivity index (χ3v) is 19.0. The number of rotatable bonds is 27. The van der Waals surface area contributed by atoms with Crippen molar-refractivity contribution in [3.63, 3.8) is 0 Å². The van der Waals surface area contributed by atoms with Crippen LogP contribution in [0.15, 0.2) is 170 Å². The Morgan fingerprint density at radius 3 is 1.13 bits per heavy atom. The molecule has 548 valence electrons. The zero-order valence-electron chi connectivity index (χ0n) is 55.0. The summed E-state index contributed by atoms with van der Waals surface area (Å²) >= 11 is 0. The minimum absolute atomic E-state index is 0.0175. The van der Waals surface area contributed by atoms with Gasteiger partial charge in [0.05, 0.1) is 39.5 Å². The van der Waals surface area contributed by atoms with Crippen LogP contribution in [0.1, 0.15) is 121 Å². The maximum atomic E-state index is 15.5. The molecule has 0 aromatic heterocycles. The number of carbonyl (C=O) groups is 7. The number of alkyl halides is 12. The fourth-order valence-electron chi connectivity index (χ4n) is 11.2. The van der Waals surface area contributed by atoms with Crippen LogP contribution >= 0.6 is 0 Å². The normalized spacial score (nSPS) is 12.3. The predicted molar refractivity (Wildman–Crippen MR) is 351 cm³/mol. The van der Waals surface area contributed by atoms with E-state index in [-0.39, 0.29) is 107 Å². The monoisotopic (exact) mass is 1480 g/mol. The van der Waals surface area contributed by atoms with Crippen LogP contribution in [-0.4, -0.2) is 124 Å². The van der Waals surface area contributed by atoms with Crippen molar-refractivity contribution in [1.29, 1.82) is 0 Å². The van der Waals surface area contributed by atoms with Gasteiger partial charge in [0, 0.05) is 74.7 Å². The van der Waals surface area contributed by atoms with Crippen molar-refractivity contribution in [1.82, 2.24) is 5.32 Å². The Balaban J connectivity index is 0.996. The zero-order chi connectivity index (χ0) is 76.7. The van der Waals surface area contributed by atoms with Crippen LogP contribution in [0.3, 0.4) is 0 Å². The summed E-state index contributed by atoms with van der Waals surface area (Å²) in [4.78, 5) is 91.3. The van der Waals surface area contributed by atoms with Crippen LogP contribution < -0.4 is 35.5 Å². The van der Waals surface area contributed by atoms with Crippen LogP contribution in [-0.2, 0) is 24.1 Å². The first-order chi connectivity index (χ1) is 48.7. The Labute approximate surface area is 583 Å². The highest BCUT2D eigenvalue weighted by atomic mass is 28.4. The topological polar surface area (TPSA) is 284 Å². The highest BCUT2D eigenvalue weighted by molar-refractivity contribution is 6.60. The van der Waals surface area contributed by atoms with E-state index in [0.717, 1.165) is 17.7 Å². The van der Waals surface area contributed by atoms with Crippen molar-refractivity contribution in [2.45, 2.75) is 74.9 Å². The molecule has 0 atom stereocenters. The molecule has 0 bridgehead atoms. The van der Waals surface area contributed by atoms with E-state index in [1.165, 1.54) is 100 Å². The molecule has 104 heavy (non-hydrogen) atoms. The number of carboxylic acid groups (broad SMARTS) is 3. The molecule has 20 nitrogen and oxygen atoms in total. The lowest BCUT2D eigenvalue weighted by atomic mass is 9.71. The molecule has 33 heteroatoms. The minimum Gasteiger partial charge on any atom is -0.491 e. The number of carboxylic acids is 3. The zero-order valence-corrected chi connectivity index (χ0v) is 56.0. The van der Waals surface area contributed by atoms with Gasteiger partial charge in [0.15, 0.2) is 0 Å². The second-order valence-corrected chi connectivity index (χ2v) is 26.3. The number of aromatic carboxylic acids is 3. The second-order valence-electron chi connectivity index (χ2n) is 23.2. The average Bonchev–Trinajstić information content (AvgIpc) is 0.716. The molecule has 4 amide bonds. The molecule has 0 aliphatic carbocycles. The van der Waals surface area contributed by atoms with Gasteiger partial charge in [0.25, 0.3) is 23.6 Å². The van der Waals surface area contributed by atoms with Gasteiger partial charge in [0.2, 0.25) is 10.8 Å². The number of hydrogen-bond acceptors (Lipinski definition) is 13. The minimum atomic E-state index is -6.40. The van der Waals surface area contributed by atoms with Gasteiger partial charge in [-0.2, -0.15) is 52.7 Å². The number of benzene rings is 8. The Morgan fingerprint density at radius 1 is 0.394 bits per heavy atom. The molecule has 0 aliphatic rings. The Kier molecular flexibility index (Phi) is 23.5. The molecule has 8 aromatic rings. The Morgan fingerprint density at radius 2 is 0.740 bits per heavy atom. The van der Waals surface area contributed by atoms with E-state index in [9.17, 15) is 48.9 Å². The summed E-state index contributed by atoms with van der Waals surface area (Å²) < 4.78 is 219. The van der Waals surface area contributed by atoms with Crippen LogP contribution in [0.5, 0.6) is 28.7 Å². The number of amides is 4. The summed E-state index contributed by atoms with van der Waals surface area (Å²) in [6, 6.07) is 25.0. The van der Waals surface area contributed by atoms with Gasteiger partial charge in [-0.25, -0.2) is 14.4 Å². The molecule has 8 rings (SSSR count). The molecule has 0 heterocycles. The number of aryl methyl sites for hydroxylation is 1. The summed E-state index contributed by atoms with van der Waals surface area (Å²) in [6.45, 7) is 4.82. The molecule has 0 saturated carbocycles. The quantitative estimate of drug-likeness (QED) is 0.0143. The van der Waals surface area contributed by atoms with Crippen molar-refractivity contribution in [2.75, 3.05) is 43.8 Å². The van der Waals surface area contributed by atoms with E-state index < -0.39 is 148 Å². The summed E-state index contributed by atoms with van der Waals surface area (Å²) in [6.07, 6.45) is -25.6. The Bertz CT molecular complexity index is 4490. The Hall–Kier alpha value is -11.3. The SMILES string of the molecule is CO[Si](CCCNC(=O)c1cc(C(c2ccc(C(=O)Nc3ccc(Oc4cc(Oc5ccc(NC(=O)c6cc(C(c7ccc(C(=O)Nc8ccc(C)cc8)cc7)(C(F)(F)F)C(F)(F)F)ccc6C(=O)O)cc5)cc(OC(C)C)c4)cc3)c(C(=O)O)c2)(C(F)(F)F)C(F)(F)F)ccc1C(=O)O)(OC)OC. The third-order valence-electron chi connectivity index (χ3n) is 16.2. The first-order valence-corrected chi connectivity index (χ1v) is 32.5. The van der Waals surface area contributed by atoms with Crippen molar-refractivity contribution >= 4 is 67.4 Å². The van der Waals surface area contributed by atoms with Crippen molar-refractivity contribution in [2.24, 2.45) is 0 Å². The van der Waals surface area contributed by atoms with Crippen LogP contribution in [0.25, 0.3) is 0 Å². The predicted octanol–water partition coefficient (Wildman–Crippen LogP) is 16.0. The van der Waals surface area contributed by atoms with Crippen LogP contribution in [0, 0.1) is 6.92 Å². The standard InChI is InChI=1S/C71H60F12N4O16Si/c1-38(2)101-50-35-51(37-52(36-50)103-49-25-21-47(22-26-49)87-62(91)57-33-42(15-29-55(57)64(94)95)66(68(72,73)74,69(75,76)77)41-12-10-40(11-13-41)59(88)85-45-17-8-39(3)9-18-45)102-48-23-19-46(20-24-48)86-61(90)53-27-14-44(34-58(53)65(96)97)67(70(78,79)80,71(81,82)83)43-16-28-54(63(92)93)56(32-43)60(89)84-30-7-31-104(98-4,99-5)100-6/h8-29,32-38H,7,30-31H2,1-6H3,(H,84,89)(H,85,88)(H,86,90)(H,87,91)(H,92,93)(H,94,95)(H,96,97). The highest BCUT2D eigenvalue weighted by Gasteiger charge is 2.74. The number of carbonyl (C=O) groups excluding carboxylic acids is 4. The lowest BCUT2D eigenvalue weighted by molar-refractivity contribution is -0.290. The third kappa shape index (κ3) is 16.8. The van der Waals surface area contributed by atoms with E-state index >= 15 is 52.7 Å². The van der Waals surface area contributed by atoms with Crippen molar-refractivity contribution in [3.8, 4) is 28.7 Å². The van der Waals surface area contributed by atoms with Gasteiger partial charge in [0.1, 0.15) is 28.7 Å². The number of halogens is 12. The molecular weight excluding hydrogens is 1420 g/mol. The molecular formula is C71H60F12N4O16Si. The fourth-order valence-corrected chi connectivity index (χ4v) is 12.9. The molecule has 0 saturated heterocycles. The van der Waals surface area contributed by atoms with E-state index in [2.05, 4.69) is 21.3 Å². The smallest absolute Gasteiger partial charge is 0.491 e. The first kappa shape index (κ1) is 78.4. The van der Waals surface area contributed by atoms with Gasteiger partial charge >= 0.3 is 51.4 Å². The van der Waals surface area contributed by atoms with Gasteiger partial charge in [-0.05, 0) is 159 Å². The van der Waals surface area contributed by atoms with Gasteiger partial charge in [-0.3, -0.25) is 19.2 Å². The number of anilines is 3. The molecule has 7 N–H and O–H groups in total. The summed E-state index contributed by atoms with van der Waals surface area (Å²) in [5.74, 6) is -10.7. The largest absolute Gasteiger partial charge is 0.500 e. The summed E-state index contributed by atoms with van der Waals surface area (Å²) in [7, 11) is 0.622. The molecule has 0 aliphatic heterocycles. The number of ether oxygens (including phenoxy) is 3. The lowest BCUT2D eigenvalue weighted by Crippen LogP contribution is -2.55. The maximum Gasteiger partial charge on any atom is 0.500 e. The van der Waals surface area contributed by atoms with E-state index in [1.54, 1.807) is 32.9 Å². The highest BCUT2D eigenvalue weighted by Crippen LogP contribution is 2.58. The van der Waals surface area contributed by atoms with Crippen LogP contribution in [0.4, 0.5) is 69.7 Å². The molecule has 0 radical (unpaired) electrons. The number of nitrogens with one attached hydrogen (secondary N) is 4. The van der Waals surface area contributed by atoms with Gasteiger partial charge < -0.3 is 64.1 Å². The van der Waals surface area contributed by atoms with E-state index in [0.29, 0.717) is 30.3 Å². The molecule has 0 unspecified atom stereocenters. The molecule has 0 fully saturated rings.